The van der Waals surface area contributed by atoms with Gasteiger partial charge in [0.1, 0.15) is 5.44 Å². The van der Waals surface area contributed by atoms with Crippen LogP contribution in [0.2, 0.25) is 0 Å². The van der Waals surface area contributed by atoms with Gasteiger partial charge in [-0.1, -0.05) is 12.1 Å². The van der Waals surface area contributed by atoms with E-state index >= 15 is 0 Å². The van der Waals surface area contributed by atoms with Crippen LogP contribution in [0.3, 0.4) is 0 Å². The topological polar surface area (TPSA) is 88.9 Å². The second kappa shape index (κ2) is 8.30. The maximum Gasteiger partial charge on any atom is 0.276 e. The predicted octanol–water partition coefficient (Wildman–Crippen LogP) is 3.76. The van der Waals surface area contributed by atoms with Crippen molar-refractivity contribution in [3.05, 3.63) is 96.3 Å². The van der Waals surface area contributed by atoms with Crippen molar-refractivity contribution in [2.75, 3.05) is 0 Å². The average Bonchev–Trinajstić information content (AvgIpc) is 2.80. The van der Waals surface area contributed by atoms with E-state index in [1.54, 1.807) is 30.3 Å². The summed E-state index contributed by atoms with van der Waals surface area (Å²) in [5.74, 6) is -1.86. The molecule has 1 atom stereocenters. The minimum atomic E-state index is -3.92. The van der Waals surface area contributed by atoms with Gasteiger partial charge in [0, 0.05) is 23.1 Å². The van der Waals surface area contributed by atoms with E-state index in [0.29, 0.717) is 17.1 Å². The highest BCUT2D eigenvalue weighted by molar-refractivity contribution is 7.73. The average molecular weight is 452 g/mol. The van der Waals surface area contributed by atoms with Crippen molar-refractivity contribution >= 4 is 18.1 Å². The standard InChI is InChI=1S/C23H19F2N4O2P/c1-23(2,18-6-3-5-17(27-18)16-9-10-20(24)29-22(16)25)19-7-4-8-21(28-19)32(30,31)15-11-13-26-14-12-15/h3-14H,1-2H3,(H,30,31). The molecule has 0 amide bonds. The van der Waals surface area contributed by atoms with Crippen LogP contribution in [0.4, 0.5) is 8.78 Å². The quantitative estimate of drug-likeness (QED) is 0.367. The lowest BCUT2D eigenvalue weighted by Gasteiger charge is -2.25. The molecule has 0 saturated carbocycles. The SMILES string of the molecule is CC(C)(c1cccc(-c2ccc(F)nc2F)n1)c1cccc(P(=O)(O)c2ccncc2)n1. The lowest BCUT2D eigenvalue weighted by Crippen LogP contribution is -2.27. The number of hydrogen-bond acceptors (Lipinski definition) is 5. The fourth-order valence-corrected chi connectivity index (χ4v) is 4.62. The van der Waals surface area contributed by atoms with E-state index in [-0.39, 0.29) is 16.3 Å². The van der Waals surface area contributed by atoms with Crippen molar-refractivity contribution in [2.45, 2.75) is 19.3 Å². The molecule has 4 aromatic heterocycles. The molecule has 0 fully saturated rings. The Morgan fingerprint density at radius 3 is 2.19 bits per heavy atom. The van der Waals surface area contributed by atoms with Gasteiger partial charge in [-0.25, -0.2) is 4.98 Å². The van der Waals surface area contributed by atoms with E-state index in [4.69, 9.17) is 0 Å². The van der Waals surface area contributed by atoms with Crippen molar-refractivity contribution in [2.24, 2.45) is 0 Å². The number of aromatic nitrogens is 4. The van der Waals surface area contributed by atoms with Gasteiger partial charge in [-0.15, -0.1) is 0 Å². The summed E-state index contributed by atoms with van der Waals surface area (Å²) < 4.78 is 40.5. The summed E-state index contributed by atoms with van der Waals surface area (Å²) in [6.45, 7) is 3.72. The van der Waals surface area contributed by atoms with Crippen LogP contribution in [-0.2, 0) is 9.98 Å². The lowest BCUT2D eigenvalue weighted by molar-refractivity contribution is 0.499. The van der Waals surface area contributed by atoms with Crippen LogP contribution >= 0.6 is 7.37 Å². The fourth-order valence-electron chi connectivity index (χ4n) is 3.29. The molecule has 0 aliphatic carbocycles. The Hall–Kier alpha value is -3.35. The van der Waals surface area contributed by atoms with Crippen molar-refractivity contribution in [1.29, 1.82) is 0 Å². The Bertz CT molecular complexity index is 1330. The fraction of sp³-hybridized carbons (Fsp3) is 0.130. The molecular weight excluding hydrogens is 433 g/mol. The minimum absolute atomic E-state index is 0.0409. The highest BCUT2D eigenvalue weighted by Gasteiger charge is 2.31. The summed E-state index contributed by atoms with van der Waals surface area (Å²) in [7, 11) is -3.92. The van der Waals surface area contributed by atoms with Gasteiger partial charge >= 0.3 is 0 Å². The zero-order chi connectivity index (χ0) is 22.9. The van der Waals surface area contributed by atoms with E-state index in [1.165, 1.54) is 36.7 Å². The van der Waals surface area contributed by atoms with E-state index < -0.39 is 24.7 Å². The van der Waals surface area contributed by atoms with Gasteiger partial charge in [0.15, 0.2) is 0 Å². The molecule has 4 aromatic rings. The monoisotopic (exact) mass is 452 g/mol. The van der Waals surface area contributed by atoms with Crippen LogP contribution in [0, 0.1) is 11.9 Å². The lowest BCUT2D eigenvalue weighted by atomic mass is 9.84. The summed E-state index contributed by atoms with van der Waals surface area (Å²) >= 11 is 0. The van der Waals surface area contributed by atoms with Gasteiger partial charge in [-0.05, 0) is 62.4 Å². The summed E-state index contributed by atoms with van der Waals surface area (Å²) in [6.07, 6.45) is 2.90. The van der Waals surface area contributed by atoms with Gasteiger partial charge < -0.3 is 4.89 Å². The molecular formula is C23H19F2N4O2P. The zero-order valence-corrected chi connectivity index (χ0v) is 18.2. The maximum absolute atomic E-state index is 14.2. The van der Waals surface area contributed by atoms with Crippen LogP contribution in [-0.4, -0.2) is 24.8 Å². The number of nitrogens with zero attached hydrogens (tertiary/aromatic N) is 4. The highest BCUT2D eigenvalue weighted by Crippen LogP contribution is 2.38. The normalized spacial score (nSPS) is 13.5. The summed E-state index contributed by atoms with van der Waals surface area (Å²) in [5, 5.41) is 0.231. The Labute approximate surface area is 183 Å². The van der Waals surface area contributed by atoms with Gasteiger partial charge in [0.05, 0.1) is 22.6 Å². The number of halogens is 2. The van der Waals surface area contributed by atoms with Gasteiger partial charge in [0.25, 0.3) is 7.37 Å². The molecule has 4 heterocycles. The van der Waals surface area contributed by atoms with Crippen LogP contribution in [0.15, 0.2) is 73.1 Å². The van der Waals surface area contributed by atoms with Gasteiger partial charge in [0.2, 0.25) is 11.9 Å². The zero-order valence-electron chi connectivity index (χ0n) is 17.3. The van der Waals surface area contributed by atoms with E-state index in [1.807, 2.05) is 13.8 Å². The molecule has 0 bridgehead atoms. The largest absolute Gasteiger partial charge is 0.337 e. The van der Waals surface area contributed by atoms with E-state index in [2.05, 4.69) is 19.9 Å². The highest BCUT2D eigenvalue weighted by atomic mass is 31.2. The molecule has 0 saturated heterocycles. The molecule has 1 unspecified atom stereocenters. The van der Waals surface area contributed by atoms with E-state index in [0.717, 1.165) is 6.07 Å². The molecule has 32 heavy (non-hydrogen) atoms. The predicted molar refractivity (Wildman–Crippen MR) is 117 cm³/mol. The molecule has 0 radical (unpaired) electrons. The van der Waals surface area contributed by atoms with Crippen molar-refractivity contribution < 1.29 is 18.2 Å². The molecule has 6 nitrogen and oxygen atoms in total. The Kier molecular flexibility index (Phi) is 5.67. The third kappa shape index (κ3) is 4.07. The van der Waals surface area contributed by atoms with Crippen molar-refractivity contribution in [1.82, 2.24) is 19.9 Å². The number of rotatable bonds is 5. The smallest absolute Gasteiger partial charge is 0.276 e. The Morgan fingerprint density at radius 1 is 0.844 bits per heavy atom. The summed E-state index contributed by atoms with van der Waals surface area (Å²) in [6, 6.07) is 15.3. The molecule has 9 heteroatoms. The molecule has 0 aliphatic rings. The molecule has 0 aliphatic heterocycles. The Morgan fingerprint density at radius 2 is 1.50 bits per heavy atom. The Balaban J connectivity index is 1.75. The van der Waals surface area contributed by atoms with Crippen LogP contribution in [0.1, 0.15) is 25.2 Å². The van der Waals surface area contributed by atoms with Crippen molar-refractivity contribution in [3.8, 4) is 11.3 Å². The summed E-state index contributed by atoms with van der Waals surface area (Å²) in [5.41, 5.74) is 0.693. The van der Waals surface area contributed by atoms with Gasteiger partial charge in [-0.3, -0.25) is 14.5 Å². The van der Waals surface area contributed by atoms with Crippen LogP contribution in [0.25, 0.3) is 11.3 Å². The number of hydrogen-bond donors (Lipinski definition) is 1. The first kappa shape index (κ1) is 21.9. The molecule has 4 rings (SSSR count). The van der Waals surface area contributed by atoms with Crippen LogP contribution < -0.4 is 10.7 Å². The first-order chi connectivity index (χ1) is 15.2. The molecule has 162 valence electrons. The molecule has 0 aromatic carbocycles. The summed E-state index contributed by atoms with van der Waals surface area (Å²) in [4.78, 5) is 26.9. The second-order valence-electron chi connectivity index (χ2n) is 7.67. The number of pyridine rings is 4. The third-order valence-corrected chi connectivity index (χ3v) is 7.05. The first-order valence-electron chi connectivity index (χ1n) is 9.71. The maximum atomic E-state index is 14.2. The van der Waals surface area contributed by atoms with Gasteiger partial charge in [-0.2, -0.15) is 13.8 Å². The van der Waals surface area contributed by atoms with Crippen LogP contribution in [0.5, 0.6) is 0 Å². The third-order valence-electron chi connectivity index (χ3n) is 5.18. The minimum Gasteiger partial charge on any atom is -0.337 e. The first-order valence-corrected chi connectivity index (χ1v) is 11.4. The second-order valence-corrected chi connectivity index (χ2v) is 9.79. The molecule has 1 N–H and O–H groups in total. The molecule has 0 spiro atoms. The van der Waals surface area contributed by atoms with Crippen molar-refractivity contribution in [3.63, 3.8) is 0 Å². The van der Waals surface area contributed by atoms with E-state index in [9.17, 15) is 18.2 Å².